The van der Waals surface area contributed by atoms with Gasteiger partial charge in [-0.15, -0.1) is 0 Å². The number of carbonyl (C=O) groups is 1. The van der Waals surface area contributed by atoms with E-state index >= 15 is 0 Å². The van der Waals surface area contributed by atoms with E-state index in [4.69, 9.17) is 16.9 Å². The van der Waals surface area contributed by atoms with Crippen molar-refractivity contribution in [2.24, 2.45) is 0 Å². The third-order valence-electron chi connectivity index (χ3n) is 2.54. The minimum Gasteiger partial charge on any atom is -0.348 e. The molecule has 1 aliphatic heterocycles. The van der Waals surface area contributed by atoms with E-state index in [2.05, 4.69) is 4.98 Å². The largest absolute Gasteiger partial charge is 0.348 e. The monoisotopic (exact) mass is 235 g/mol. The molecule has 0 spiro atoms. The van der Waals surface area contributed by atoms with Crippen molar-refractivity contribution in [1.82, 2.24) is 4.98 Å². The van der Waals surface area contributed by atoms with Gasteiger partial charge in [-0.3, -0.25) is 4.79 Å². The Morgan fingerprint density at radius 2 is 2.38 bits per heavy atom. The van der Waals surface area contributed by atoms with Gasteiger partial charge in [-0.25, -0.2) is 4.98 Å². The number of hydrogen-bond acceptors (Lipinski definition) is 4. The summed E-state index contributed by atoms with van der Waals surface area (Å²) in [4.78, 5) is 17.3. The van der Waals surface area contributed by atoms with Gasteiger partial charge < -0.3 is 4.90 Å². The van der Waals surface area contributed by atoms with Crippen molar-refractivity contribution in [2.75, 3.05) is 18.0 Å². The number of carbonyl (C=O) groups excluding carboxylic acids is 1. The fourth-order valence-electron chi connectivity index (χ4n) is 1.76. The zero-order valence-electron chi connectivity index (χ0n) is 8.61. The topological polar surface area (TPSA) is 57.0 Å². The first-order valence-electron chi connectivity index (χ1n) is 5.03. The highest BCUT2D eigenvalue weighted by Crippen LogP contribution is 2.27. The normalized spacial score (nSPS) is 16.0. The molecule has 0 amide bonds. The van der Waals surface area contributed by atoms with Gasteiger partial charge in [0, 0.05) is 19.2 Å². The molecule has 4 nitrogen and oxygen atoms in total. The van der Waals surface area contributed by atoms with Crippen LogP contribution in [0.15, 0.2) is 12.3 Å². The van der Waals surface area contributed by atoms with Crippen molar-refractivity contribution < 1.29 is 4.79 Å². The number of piperidine rings is 1. The molecule has 1 saturated heterocycles. The van der Waals surface area contributed by atoms with E-state index in [1.807, 2.05) is 11.0 Å². The molecule has 1 aromatic rings. The van der Waals surface area contributed by atoms with Gasteiger partial charge in [0.25, 0.3) is 0 Å². The second-order valence-corrected chi connectivity index (χ2v) is 4.05. The van der Waals surface area contributed by atoms with Gasteiger partial charge >= 0.3 is 0 Å². The Balaban J connectivity index is 2.33. The van der Waals surface area contributed by atoms with E-state index in [-0.39, 0.29) is 5.78 Å². The molecule has 2 rings (SSSR count). The molecule has 0 atom stereocenters. The van der Waals surface area contributed by atoms with E-state index < -0.39 is 0 Å². The van der Waals surface area contributed by atoms with Crippen LogP contribution in [0.4, 0.5) is 5.82 Å². The lowest BCUT2D eigenvalue weighted by Gasteiger charge is -2.27. The highest BCUT2D eigenvalue weighted by molar-refractivity contribution is 6.34. The zero-order valence-corrected chi connectivity index (χ0v) is 9.37. The Hall–Kier alpha value is -1.60. The Kier molecular flexibility index (Phi) is 3.07. The van der Waals surface area contributed by atoms with Crippen LogP contribution in [0.3, 0.4) is 0 Å². The standard InChI is InChI=1S/C11H10ClN3O/c12-10-8(6-13)3-4-14-11(10)15-5-1-2-9(16)7-15/h3-4H,1-2,5,7H2. The molecular formula is C11H10ClN3O. The van der Waals surface area contributed by atoms with Crippen molar-refractivity contribution in [3.63, 3.8) is 0 Å². The van der Waals surface area contributed by atoms with Crippen LogP contribution in [-0.2, 0) is 4.79 Å². The first-order chi connectivity index (χ1) is 7.72. The van der Waals surface area contributed by atoms with Crippen LogP contribution in [0.2, 0.25) is 5.02 Å². The Labute approximate surface area is 98.5 Å². The Morgan fingerprint density at radius 1 is 1.56 bits per heavy atom. The molecule has 16 heavy (non-hydrogen) atoms. The molecule has 0 unspecified atom stereocenters. The van der Waals surface area contributed by atoms with Gasteiger partial charge in [-0.1, -0.05) is 11.6 Å². The lowest BCUT2D eigenvalue weighted by atomic mass is 10.1. The molecule has 0 saturated carbocycles. The third kappa shape index (κ3) is 2.00. The lowest BCUT2D eigenvalue weighted by molar-refractivity contribution is -0.118. The molecule has 1 aromatic heterocycles. The molecule has 2 heterocycles. The number of Topliss-reactive ketones (excluding diaryl/α,β-unsaturated/α-hetero) is 1. The summed E-state index contributed by atoms with van der Waals surface area (Å²) in [5, 5.41) is 9.18. The second kappa shape index (κ2) is 4.50. The van der Waals surface area contributed by atoms with Gasteiger partial charge in [0.1, 0.15) is 16.9 Å². The van der Waals surface area contributed by atoms with Crippen LogP contribution in [0, 0.1) is 11.3 Å². The summed E-state index contributed by atoms with van der Waals surface area (Å²) in [5.41, 5.74) is 0.393. The highest BCUT2D eigenvalue weighted by Gasteiger charge is 2.21. The van der Waals surface area contributed by atoms with E-state index in [0.29, 0.717) is 29.4 Å². The molecule has 0 aromatic carbocycles. The number of hydrogen-bond donors (Lipinski definition) is 0. The van der Waals surface area contributed by atoms with Crippen molar-refractivity contribution in [1.29, 1.82) is 5.26 Å². The molecule has 0 aliphatic carbocycles. The van der Waals surface area contributed by atoms with Gasteiger partial charge in [0.2, 0.25) is 0 Å². The predicted octanol–water partition coefficient (Wildman–Crippen LogP) is 1.78. The van der Waals surface area contributed by atoms with Gasteiger partial charge in [0.15, 0.2) is 5.78 Å². The van der Waals surface area contributed by atoms with Crippen LogP contribution in [0.5, 0.6) is 0 Å². The van der Waals surface area contributed by atoms with Gasteiger partial charge in [0.05, 0.1) is 12.1 Å². The summed E-state index contributed by atoms with van der Waals surface area (Å²) in [6.07, 6.45) is 2.97. The summed E-state index contributed by atoms with van der Waals surface area (Å²) >= 11 is 6.05. The van der Waals surface area contributed by atoms with Crippen molar-refractivity contribution in [2.45, 2.75) is 12.8 Å². The zero-order chi connectivity index (χ0) is 11.5. The molecule has 1 aliphatic rings. The fourth-order valence-corrected chi connectivity index (χ4v) is 2.03. The maximum atomic E-state index is 11.3. The maximum absolute atomic E-state index is 11.3. The Bertz CT molecular complexity index is 467. The number of pyridine rings is 1. The van der Waals surface area contributed by atoms with Crippen LogP contribution >= 0.6 is 11.6 Å². The smallest absolute Gasteiger partial charge is 0.152 e. The number of rotatable bonds is 1. The molecular weight excluding hydrogens is 226 g/mol. The van der Waals surface area contributed by atoms with Crippen molar-refractivity contribution >= 4 is 23.2 Å². The quantitative estimate of drug-likeness (QED) is 0.745. The summed E-state index contributed by atoms with van der Waals surface area (Å²) in [5.74, 6) is 0.722. The highest BCUT2D eigenvalue weighted by atomic mass is 35.5. The van der Waals surface area contributed by atoms with E-state index in [0.717, 1.165) is 13.0 Å². The van der Waals surface area contributed by atoms with Crippen LogP contribution < -0.4 is 4.90 Å². The average Bonchev–Trinajstić information content (AvgIpc) is 2.29. The van der Waals surface area contributed by atoms with Gasteiger partial charge in [-0.05, 0) is 12.5 Å². The minimum absolute atomic E-state index is 0.187. The number of nitriles is 1. The molecule has 0 bridgehead atoms. The first kappa shape index (κ1) is 10.9. The Morgan fingerprint density at radius 3 is 3.06 bits per heavy atom. The van der Waals surface area contributed by atoms with Crippen molar-refractivity contribution in [3.8, 4) is 6.07 Å². The number of nitrogens with zero attached hydrogens (tertiary/aromatic N) is 3. The molecule has 0 N–H and O–H groups in total. The van der Waals surface area contributed by atoms with Crippen LogP contribution in [0.25, 0.3) is 0 Å². The summed E-state index contributed by atoms with van der Waals surface area (Å²) < 4.78 is 0. The lowest BCUT2D eigenvalue weighted by Crippen LogP contribution is -2.36. The molecule has 5 heteroatoms. The molecule has 1 fully saturated rings. The number of ketones is 1. The third-order valence-corrected chi connectivity index (χ3v) is 2.91. The van der Waals surface area contributed by atoms with E-state index in [1.54, 1.807) is 12.3 Å². The van der Waals surface area contributed by atoms with E-state index in [9.17, 15) is 4.79 Å². The number of anilines is 1. The van der Waals surface area contributed by atoms with Gasteiger partial charge in [-0.2, -0.15) is 5.26 Å². The molecule has 0 radical (unpaired) electrons. The van der Waals surface area contributed by atoms with Crippen LogP contribution in [0.1, 0.15) is 18.4 Å². The maximum Gasteiger partial charge on any atom is 0.152 e. The summed E-state index contributed by atoms with van der Waals surface area (Å²) in [6.45, 7) is 1.09. The van der Waals surface area contributed by atoms with E-state index in [1.165, 1.54) is 0 Å². The SMILES string of the molecule is N#Cc1ccnc(N2CCCC(=O)C2)c1Cl. The summed E-state index contributed by atoms with van der Waals surface area (Å²) in [6, 6.07) is 3.57. The second-order valence-electron chi connectivity index (χ2n) is 3.67. The minimum atomic E-state index is 0.187. The number of aromatic nitrogens is 1. The molecule has 82 valence electrons. The van der Waals surface area contributed by atoms with Crippen molar-refractivity contribution in [3.05, 3.63) is 22.8 Å². The summed E-state index contributed by atoms with van der Waals surface area (Å²) in [7, 11) is 0. The first-order valence-corrected chi connectivity index (χ1v) is 5.41. The fraction of sp³-hybridized carbons (Fsp3) is 0.364. The average molecular weight is 236 g/mol. The predicted molar refractivity (Wildman–Crippen MR) is 60.4 cm³/mol. The number of halogens is 1. The van der Waals surface area contributed by atoms with Crippen LogP contribution in [-0.4, -0.2) is 23.9 Å².